The van der Waals surface area contributed by atoms with Crippen LogP contribution >= 0.6 is 0 Å². The van der Waals surface area contributed by atoms with Gasteiger partial charge >= 0.3 is 0 Å². The Morgan fingerprint density at radius 2 is 2.09 bits per heavy atom. The fraction of sp³-hybridized carbons (Fsp3) is 0.667. The van der Waals surface area contributed by atoms with Crippen LogP contribution in [0, 0.1) is 5.92 Å². The van der Waals surface area contributed by atoms with E-state index in [4.69, 9.17) is 0 Å². The molecular weight excluding hydrogens is 140 g/mol. The van der Waals surface area contributed by atoms with E-state index in [0.29, 0.717) is 0 Å². The third-order valence-electron chi connectivity index (χ3n) is 1.82. The zero-order chi connectivity index (χ0) is 8.85. The van der Waals surface area contributed by atoms with Gasteiger partial charge in [0, 0.05) is 5.92 Å². The Morgan fingerprint density at radius 3 is 2.36 bits per heavy atom. The summed E-state index contributed by atoms with van der Waals surface area (Å²) >= 11 is 0. The lowest BCUT2D eigenvalue weighted by Crippen LogP contribution is -2.27. The van der Waals surface area contributed by atoms with Gasteiger partial charge in [0.15, 0.2) is 0 Å². The summed E-state index contributed by atoms with van der Waals surface area (Å²) in [5, 5.41) is 18.5. The molecule has 0 aliphatic heterocycles. The predicted octanol–water partition coefficient (Wildman–Crippen LogP) is 1.10. The maximum atomic E-state index is 9.36. The van der Waals surface area contributed by atoms with Crippen molar-refractivity contribution in [3.8, 4) is 0 Å². The molecule has 0 aromatic carbocycles. The highest BCUT2D eigenvalue weighted by Crippen LogP contribution is 2.14. The molecule has 0 aliphatic carbocycles. The van der Waals surface area contributed by atoms with Crippen molar-refractivity contribution >= 4 is 0 Å². The van der Waals surface area contributed by atoms with E-state index >= 15 is 0 Å². The molecule has 2 nitrogen and oxygen atoms in total. The SMILES string of the molecule is C=C=CC(O)C(CC)C(C)O. The minimum atomic E-state index is -0.627. The fourth-order valence-corrected chi connectivity index (χ4v) is 1.11. The van der Waals surface area contributed by atoms with Crippen molar-refractivity contribution < 1.29 is 10.2 Å². The summed E-state index contributed by atoms with van der Waals surface area (Å²) in [4.78, 5) is 0. The zero-order valence-electron chi connectivity index (χ0n) is 7.12. The van der Waals surface area contributed by atoms with Gasteiger partial charge in [-0.1, -0.05) is 13.5 Å². The van der Waals surface area contributed by atoms with Crippen LogP contribution in [0.25, 0.3) is 0 Å². The summed E-state index contributed by atoms with van der Waals surface area (Å²) in [6.45, 7) is 6.96. The molecule has 0 aromatic heterocycles. The van der Waals surface area contributed by atoms with Crippen molar-refractivity contribution in [3.05, 3.63) is 18.4 Å². The lowest BCUT2D eigenvalue weighted by molar-refractivity contribution is 0.0442. The second-order valence-electron chi connectivity index (χ2n) is 2.67. The van der Waals surface area contributed by atoms with E-state index in [2.05, 4.69) is 12.3 Å². The first-order valence-corrected chi connectivity index (χ1v) is 3.85. The van der Waals surface area contributed by atoms with Crippen LogP contribution in [0.15, 0.2) is 18.4 Å². The molecule has 0 bridgehead atoms. The highest BCUT2D eigenvalue weighted by atomic mass is 16.3. The Hall–Kier alpha value is -0.560. The molecule has 0 aliphatic rings. The second-order valence-corrected chi connectivity index (χ2v) is 2.67. The smallest absolute Gasteiger partial charge is 0.0846 e. The summed E-state index contributed by atoms with van der Waals surface area (Å²) in [6.07, 6.45) is 1.11. The Kier molecular flexibility index (Phi) is 4.88. The highest BCUT2D eigenvalue weighted by molar-refractivity contribution is 4.89. The van der Waals surface area contributed by atoms with Crippen LogP contribution in [0.4, 0.5) is 0 Å². The van der Waals surface area contributed by atoms with Gasteiger partial charge in [-0.2, -0.15) is 0 Å². The normalized spacial score (nSPS) is 18.2. The van der Waals surface area contributed by atoms with Crippen LogP contribution in [-0.2, 0) is 0 Å². The standard InChI is InChI=1S/C9H16O2/c1-4-6-9(11)8(5-2)7(3)10/h6-11H,1,5H2,2-3H3. The van der Waals surface area contributed by atoms with Gasteiger partial charge in [0.05, 0.1) is 12.2 Å². The van der Waals surface area contributed by atoms with E-state index < -0.39 is 12.2 Å². The van der Waals surface area contributed by atoms with Crippen molar-refractivity contribution in [2.24, 2.45) is 5.92 Å². The first kappa shape index (κ1) is 10.4. The second kappa shape index (κ2) is 5.14. The number of hydrogen-bond donors (Lipinski definition) is 2. The number of hydrogen-bond acceptors (Lipinski definition) is 2. The van der Waals surface area contributed by atoms with E-state index in [-0.39, 0.29) is 5.92 Å². The van der Waals surface area contributed by atoms with Crippen molar-refractivity contribution in [2.75, 3.05) is 0 Å². The number of aliphatic hydroxyl groups excluding tert-OH is 2. The van der Waals surface area contributed by atoms with Crippen molar-refractivity contribution in [2.45, 2.75) is 32.5 Å². The van der Waals surface area contributed by atoms with Crippen molar-refractivity contribution in [1.82, 2.24) is 0 Å². The molecule has 0 spiro atoms. The predicted molar refractivity (Wildman–Crippen MR) is 45.2 cm³/mol. The van der Waals surface area contributed by atoms with Gasteiger partial charge in [-0.15, -0.1) is 5.73 Å². The summed E-state index contributed by atoms with van der Waals surface area (Å²) in [7, 11) is 0. The van der Waals surface area contributed by atoms with Gasteiger partial charge in [-0.25, -0.2) is 0 Å². The fourth-order valence-electron chi connectivity index (χ4n) is 1.11. The quantitative estimate of drug-likeness (QED) is 0.598. The van der Waals surface area contributed by atoms with Crippen LogP contribution in [-0.4, -0.2) is 22.4 Å². The Balaban J connectivity index is 4.12. The molecule has 3 atom stereocenters. The Morgan fingerprint density at radius 1 is 1.55 bits per heavy atom. The molecule has 0 heterocycles. The first-order chi connectivity index (χ1) is 5.13. The molecule has 0 fully saturated rings. The highest BCUT2D eigenvalue weighted by Gasteiger charge is 2.19. The molecular formula is C9H16O2. The third kappa shape index (κ3) is 3.38. The van der Waals surface area contributed by atoms with Crippen molar-refractivity contribution in [1.29, 1.82) is 0 Å². The minimum Gasteiger partial charge on any atom is -0.393 e. The van der Waals surface area contributed by atoms with Crippen LogP contribution in [0.2, 0.25) is 0 Å². The molecule has 0 radical (unpaired) electrons. The summed E-state index contributed by atoms with van der Waals surface area (Å²) in [5.74, 6) is -0.107. The molecule has 3 unspecified atom stereocenters. The molecule has 0 aromatic rings. The van der Waals surface area contributed by atoms with Gasteiger partial charge < -0.3 is 10.2 Å². The number of aliphatic hydroxyl groups is 2. The average molecular weight is 156 g/mol. The van der Waals surface area contributed by atoms with E-state index in [0.717, 1.165) is 6.42 Å². The van der Waals surface area contributed by atoms with E-state index in [1.807, 2.05) is 6.92 Å². The maximum Gasteiger partial charge on any atom is 0.0846 e. The summed E-state index contributed by atoms with van der Waals surface area (Å²) in [5.41, 5.74) is 2.50. The largest absolute Gasteiger partial charge is 0.393 e. The van der Waals surface area contributed by atoms with Crippen LogP contribution in [0.5, 0.6) is 0 Å². The van der Waals surface area contributed by atoms with Crippen molar-refractivity contribution in [3.63, 3.8) is 0 Å². The van der Waals surface area contributed by atoms with E-state index in [1.165, 1.54) is 6.08 Å². The monoisotopic (exact) mass is 156 g/mol. The molecule has 2 N–H and O–H groups in total. The lowest BCUT2D eigenvalue weighted by Gasteiger charge is -2.20. The van der Waals surface area contributed by atoms with E-state index in [1.54, 1.807) is 6.92 Å². The zero-order valence-corrected chi connectivity index (χ0v) is 7.12. The molecule has 11 heavy (non-hydrogen) atoms. The summed E-state index contributed by atoms with van der Waals surface area (Å²) < 4.78 is 0. The minimum absolute atomic E-state index is 0.107. The topological polar surface area (TPSA) is 40.5 Å². The van der Waals surface area contributed by atoms with Gasteiger partial charge in [0.1, 0.15) is 0 Å². The lowest BCUT2D eigenvalue weighted by atomic mass is 9.94. The van der Waals surface area contributed by atoms with Gasteiger partial charge in [0.2, 0.25) is 0 Å². The third-order valence-corrected chi connectivity index (χ3v) is 1.82. The van der Waals surface area contributed by atoms with Gasteiger partial charge in [-0.3, -0.25) is 0 Å². The molecule has 0 rings (SSSR count). The van der Waals surface area contributed by atoms with E-state index in [9.17, 15) is 10.2 Å². The Bertz CT molecular complexity index is 146. The first-order valence-electron chi connectivity index (χ1n) is 3.85. The molecule has 0 saturated heterocycles. The molecule has 64 valence electrons. The number of rotatable bonds is 4. The van der Waals surface area contributed by atoms with Gasteiger partial charge in [0.25, 0.3) is 0 Å². The average Bonchev–Trinajstić information content (AvgIpc) is 1.88. The van der Waals surface area contributed by atoms with Crippen LogP contribution in [0.3, 0.4) is 0 Å². The van der Waals surface area contributed by atoms with Gasteiger partial charge in [-0.05, 0) is 19.4 Å². The maximum absolute atomic E-state index is 9.36. The Labute approximate surface area is 67.9 Å². The molecule has 0 amide bonds. The summed E-state index contributed by atoms with van der Waals surface area (Å²) in [6, 6.07) is 0. The molecule has 0 saturated carbocycles. The molecule has 2 heteroatoms. The van der Waals surface area contributed by atoms with Crippen LogP contribution < -0.4 is 0 Å². The van der Waals surface area contributed by atoms with Crippen LogP contribution in [0.1, 0.15) is 20.3 Å².